The smallest absolute Gasteiger partial charge is 0.307 e. The van der Waals surface area contributed by atoms with Gasteiger partial charge in [-0.15, -0.1) is 0 Å². The van der Waals surface area contributed by atoms with Crippen LogP contribution in [0.1, 0.15) is 24.8 Å². The fraction of sp³-hybridized carbons (Fsp3) is 0.500. The van der Waals surface area contributed by atoms with Crippen molar-refractivity contribution in [2.24, 2.45) is 17.8 Å². The first-order valence-electron chi connectivity index (χ1n) is 7.22. The summed E-state index contributed by atoms with van der Waals surface area (Å²) in [5.74, 6) is -1.15. The van der Waals surface area contributed by atoms with E-state index in [1.807, 2.05) is 18.2 Å². The van der Waals surface area contributed by atoms with Crippen LogP contribution in [0, 0.1) is 17.8 Å². The monoisotopic (exact) mass is 273 g/mol. The molecular weight excluding hydrogens is 254 g/mol. The zero-order valence-electron chi connectivity index (χ0n) is 11.3. The molecule has 4 nitrogen and oxygen atoms in total. The van der Waals surface area contributed by atoms with Crippen LogP contribution in [-0.2, 0) is 16.0 Å². The zero-order valence-corrected chi connectivity index (χ0v) is 11.3. The third kappa shape index (κ3) is 3.00. The Labute approximate surface area is 118 Å². The van der Waals surface area contributed by atoms with Gasteiger partial charge >= 0.3 is 5.97 Å². The molecule has 2 fully saturated rings. The number of benzene rings is 1. The first-order chi connectivity index (χ1) is 9.65. The van der Waals surface area contributed by atoms with Gasteiger partial charge in [0.15, 0.2) is 0 Å². The van der Waals surface area contributed by atoms with Crippen molar-refractivity contribution in [2.75, 3.05) is 0 Å². The molecule has 1 amide bonds. The number of carboxylic acids is 1. The lowest BCUT2D eigenvalue weighted by atomic mass is 10.0. The van der Waals surface area contributed by atoms with Crippen molar-refractivity contribution < 1.29 is 14.7 Å². The topological polar surface area (TPSA) is 66.4 Å². The molecule has 2 aliphatic carbocycles. The number of carboxylic acid groups (broad SMARTS) is 1. The average Bonchev–Trinajstić information content (AvgIpc) is 3.29. The van der Waals surface area contributed by atoms with Gasteiger partial charge in [-0.2, -0.15) is 0 Å². The van der Waals surface area contributed by atoms with Gasteiger partial charge in [-0.3, -0.25) is 9.59 Å². The minimum atomic E-state index is -0.851. The summed E-state index contributed by atoms with van der Waals surface area (Å²) in [6, 6.07) is 10.3. The van der Waals surface area contributed by atoms with E-state index in [-0.39, 0.29) is 17.9 Å². The minimum absolute atomic E-state index is 0.0785. The van der Waals surface area contributed by atoms with Crippen molar-refractivity contribution in [3.8, 4) is 0 Å². The predicted octanol–water partition coefficient (Wildman–Crippen LogP) is 1.84. The second-order valence-electron chi connectivity index (χ2n) is 5.93. The number of rotatable bonds is 6. The predicted molar refractivity (Wildman–Crippen MR) is 74.0 cm³/mol. The van der Waals surface area contributed by atoms with E-state index in [1.54, 1.807) is 0 Å². The number of amides is 1. The van der Waals surface area contributed by atoms with E-state index < -0.39 is 11.9 Å². The van der Waals surface area contributed by atoms with E-state index >= 15 is 0 Å². The Hall–Kier alpha value is -1.84. The average molecular weight is 273 g/mol. The number of aliphatic carboxylic acids is 1. The second kappa shape index (κ2) is 5.27. The maximum Gasteiger partial charge on any atom is 0.307 e. The van der Waals surface area contributed by atoms with Crippen LogP contribution in [0.2, 0.25) is 0 Å². The van der Waals surface area contributed by atoms with Crippen molar-refractivity contribution >= 4 is 11.9 Å². The maximum absolute atomic E-state index is 12.1. The van der Waals surface area contributed by atoms with Gasteiger partial charge in [0.05, 0.1) is 11.8 Å². The Kier molecular flexibility index (Phi) is 3.47. The molecule has 0 spiro atoms. The Morgan fingerprint density at radius 3 is 2.45 bits per heavy atom. The molecule has 0 saturated heterocycles. The highest BCUT2D eigenvalue weighted by molar-refractivity contribution is 5.89. The van der Waals surface area contributed by atoms with Gasteiger partial charge in [-0.25, -0.2) is 0 Å². The normalized spacial score (nSPS) is 25.8. The third-order valence-corrected chi connectivity index (χ3v) is 4.26. The molecule has 2 N–H and O–H groups in total. The number of nitrogens with one attached hydrogen (secondary N) is 1. The van der Waals surface area contributed by atoms with Crippen LogP contribution in [0.4, 0.5) is 0 Å². The molecule has 0 unspecified atom stereocenters. The van der Waals surface area contributed by atoms with Crippen molar-refractivity contribution in [2.45, 2.75) is 31.7 Å². The SMILES string of the molecule is O=C(O)[C@@H]1C[C@H]1C(=O)N[C@H](Cc1ccccc1)C1CC1. The van der Waals surface area contributed by atoms with E-state index in [4.69, 9.17) is 5.11 Å². The number of hydrogen-bond donors (Lipinski definition) is 2. The molecule has 20 heavy (non-hydrogen) atoms. The highest BCUT2D eigenvalue weighted by Crippen LogP contribution is 2.40. The van der Waals surface area contributed by atoms with Gasteiger partial charge in [0.25, 0.3) is 0 Å². The number of carbonyl (C=O) groups is 2. The summed E-state index contributed by atoms with van der Waals surface area (Å²) >= 11 is 0. The van der Waals surface area contributed by atoms with Gasteiger partial charge in [-0.05, 0) is 37.2 Å². The fourth-order valence-electron chi connectivity index (χ4n) is 2.75. The Morgan fingerprint density at radius 2 is 1.90 bits per heavy atom. The summed E-state index contributed by atoms with van der Waals surface area (Å²) in [5, 5.41) is 12.0. The fourth-order valence-corrected chi connectivity index (χ4v) is 2.75. The summed E-state index contributed by atoms with van der Waals surface area (Å²) in [7, 11) is 0. The standard InChI is InChI=1S/C16H19NO3/c18-15(12-9-13(12)16(19)20)17-14(11-6-7-11)8-10-4-2-1-3-5-10/h1-5,11-14H,6-9H2,(H,17,18)(H,19,20)/t12-,13-,14-/m1/s1. The third-order valence-electron chi connectivity index (χ3n) is 4.26. The summed E-state index contributed by atoms with van der Waals surface area (Å²) < 4.78 is 0. The molecule has 0 bridgehead atoms. The molecule has 0 aliphatic heterocycles. The lowest BCUT2D eigenvalue weighted by Crippen LogP contribution is -2.39. The molecule has 3 atom stereocenters. The van der Waals surface area contributed by atoms with Gasteiger partial charge in [0.1, 0.15) is 0 Å². The van der Waals surface area contributed by atoms with E-state index in [0.717, 1.165) is 19.3 Å². The highest BCUT2D eigenvalue weighted by atomic mass is 16.4. The van der Waals surface area contributed by atoms with Crippen LogP contribution < -0.4 is 5.32 Å². The van der Waals surface area contributed by atoms with Crippen molar-refractivity contribution in [3.63, 3.8) is 0 Å². The van der Waals surface area contributed by atoms with Crippen molar-refractivity contribution in [3.05, 3.63) is 35.9 Å². The van der Waals surface area contributed by atoms with E-state index in [9.17, 15) is 9.59 Å². The quantitative estimate of drug-likeness (QED) is 0.831. The molecule has 106 valence electrons. The molecular formula is C16H19NO3. The van der Waals surface area contributed by atoms with E-state index in [1.165, 1.54) is 5.56 Å². The first kappa shape index (κ1) is 13.2. The summed E-state index contributed by atoms with van der Waals surface area (Å²) in [6.45, 7) is 0. The minimum Gasteiger partial charge on any atom is -0.481 e. The molecule has 1 aromatic rings. The molecule has 2 saturated carbocycles. The van der Waals surface area contributed by atoms with Crippen LogP contribution >= 0.6 is 0 Å². The van der Waals surface area contributed by atoms with Gasteiger partial charge in [-0.1, -0.05) is 30.3 Å². The van der Waals surface area contributed by atoms with Crippen molar-refractivity contribution in [1.29, 1.82) is 0 Å². The largest absolute Gasteiger partial charge is 0.481 e. The number of carbonyl (C=O) groups excluding carboxylic acids is 1. The molecule has 1 aromatic carbocycles. The second-order valence-corrected chi connectivity index (χ2v) is 5.93. The van der Waals surface area contributed by atoms with Crippen molar-refractivity contribution in [1.82, 2.24) is 5.32 Å². The Bertz CT molecular complexity index is 510. The van der Waals surface area contributed by atoms with Gasteiger partial charge in [0.2, 0.25) is 5.91 Å². The molecule has 4 heteroatoms. The van der Waals surface area contributed by atoms with Crippen LogP contribution in [-0.4, -0.2) is 23.0 Å². The van der Waals surface area contributed by atoms with Gasteiger partial charge < -0.3 is 10.4 Å². The zero-order chi connectivity index (χ0) is 14.1. The molecule has 0 heterocycles. The van der Waals surface area contributed by atoms with Crippen LogP contribution in [0.3, 0.4) is 0 Å². The molecule has 2 aliphatic rings. The molecule has 0 radical (unpaired) electrons. The molecule has 0 aromatic heterocycles. The lowest BCUT2D eigenvalue weighted by Gasteiger charge is -2.18. The summed E-state index contributed by atoms with van der Waals surface area (Å²) in [6.07, 6.45) is 3.64. The van der Waals surface area contributed by atoms with Gasteiger partial charge in [0, 0.05) is 6.04 Å². The Balaban J connectivity index is 1.58. The first-order valence-corrected chi connectivity index (χ1v) is 7.22. The highest BCUT2D eigenvalue weighted by Gasteiger charge is 2.49. The van der Waals surface area contributed by atoms with E-state index in [2.05, 4.69) is 17.4 Å². The Morgan fingerprint density at radius 1 is 1.20 bits per heavy atom. The lowest BCUT2D eigenvalue weighted by molar-refractivity contribution is -0.140. The van der Waals surface area contributed by atoms with Crippen LogP contribution in [0.5, 0.6) is 0 Å². The van der Waals surface area contributed by atoms with Crippen LogP contribution in [0.25, 0.3) is 0 Å². The summed E-state index contributed by atoms with van der Waals surface area (Å²) in [4.78, 5) is 22.9. The molecule has 3 rings (SSSR count). The summed E-state index contributed by atoms with van der Waals surface area (Å²) in [5.41, 5.74) is 1.22. The number of hydrogen-bond acceptors (Lipinski definition) is 2. The van der Waals surface area contributed by atoms with E-state index in [0.29, 0.717) is 12.3 Å². The maximum atomic E-state index is 12.1. The van der Waals surface area contributed by atoms with Crippen LogP contribution in [0.15, 0.2) is 30.3 Å².